The van der Waals surface area contributed by atoms with Crippen LogP contribution in [0.15, 0.2) is 6.07 Å². The molecule has 0 aliphatic carbocycles. The molecule has 0 spiro atoms. The van der Waals surface area contributed by atoms with Crippen molar-refractivity contribution >= 4 is 18.1 Å². The second-order valence-electron chi connectivity index (χ2n) is 3.11. The van der Waals surface area contributed by atoms with E-state index < -0.39 is 23.3 Å². The van der Waals surface area contributed by atoms with E-state index in [-0.39, 0.29) is 23.7 Å². The maximum Gasteiger partial charge on any atom is 0.419 e. The molecule has 0 unspecified atom stereocenters. The Morgan fingerprint density at radius 1 is 1.35 bits per heavy atom. The van der Waals surface area contributed by atoms with Crippen LogP contribution in [0.25, 0.3) is 0 Å². The molecule has 1 aromatic rings. The van der Waals surface area contributed by atoms with Crippen molar-refractivity contribution in [2.45, 2.75) is 13.1 Å². The summed E-state index contributed by atoms with van der Waals surface area (Å²) in [5.74, 6) is 3.05. The van der Waals surface area contributed by atoms with Gasteiger partial charge in [-0.1, -0.05) is 0 Å². The molecule has 0 saturated heterocycles. The predicted molar refractivity (Wildman–Crippen MR) is 57.7 cm³/mol. The summed E-state index contributed by atoms with van der Waals surface area (Å²) in [6.07, 6.45) is -4.77. The molecule has 0 aliphatic rings. The molecule has 0 bridgehead atoms. The lowest BCUT2D eigenvalue weighted by Gasteiger charge is -2.16. The lowest BCUT2D eigenvalue weighted by atomic mass is 10.1. The van der Waals surface area contributed by atoms with Crippen molar-refractivity contribution in [3.63, 3.8) is 0 Å². The second-order valence-corrected chi connectivity index (χ2v) is 3.11. The smallest absolute Gasteiger partial charge is 0.419 e. The van der Waals surface area contributed by atoms with E-state index in [1.54, 1.807) is 0 Å². The molecule has 0 fully saturated rings. The molecule has 3 N–H and O–H groups in total. The van der Waals surface area contributed by atoms with Crippen LogP contribution in [0.2, 0.25) is 0 Å². The van der Waals surface area contributed by atoms with Crippen molar-refractivity contribution in [2.24, 2.45) is 5.84 Å². The first kappa shape index (κ1) is 15.8. The number of methoxy groups -OCH3 is 1. The van der Waals surface area contributed by atoms with Gasteiger partial charge in [-0.05, 0) is 18.6 Å². The minimum absolute atomic E-state index is 0. The number of rotatable bonds is 2. The topological polar surface area (TPSA) is 47.3 Å². The summed E-state index contributed by atoms with van der Waals surface area (Å²) in [4.78, 5) is 0. The lowest BCUT2D eigenvalue weighted by Crippen LogP contribution is -2.15. The van der Waals surface area contributed by atoms with Crippen LogP contribution < -0.4 is 16.0 Å². The van der Waals surface area contributed by atoms with Gasteiger partial charge in [0.15, 0.2) is 11.6 Å². The highest BCUT2D eigenvalue weighted by molar-refractivity contribution is 5.85. The Hall–Kier alpha value is -1.21. The summed E-state index contributed by atoms with van der Waals surface area (Å²) in [5.41, 5.74) is 0.868. The van der Waals surface area contributed by atoms with Crippen molar-refractivity contribution in [1.82, 2.24) is 0 Å². The van der Waals surface area contributed by atoms with Gasteiger partial charge in [0.05, 0.1) is 18.4 Å². The van der Waals surface area contributed by atoms with Gasteiger partial charge in [0.2, 0.25) is 0 Å². The van der Waals surface area contributed by atoms with E-state index in [0.29, 0.717) is 6.07 Å². The number of nitrogens with two attached hydrogens (primary N) is 1. The van der Waals surface area contributed by atoms with E-state index in [4.69, 9.17) is 5.84 Å². The van der Waals surface area contributed by atoms with Crippen LogP contribution in [0, 0.1) is 12.7 Å². The van der Waals surface area contributed by atoms with Crippen LogP contribution in [0.3, 0.4) is 0 Å². The molecule has 0 saturated carbocycles. The number of halogens is 5. The predicted octanol–water partition coefficient (Wildman–Crippen LogP) is 2.87. The van der Waals surface area contributed by atoms with E-state index in [2.05, 4.69) is 10.2 Å². The third-order valence-electron chi connectivity index (χ3n) is 2.07. The summed E-state index contributed by atoms with van der Waals surface area (Å²) in [7, 11) is 1.07. The monoisotopic (exact) mass is 274 g/mol. The van der Waals surface area contributed by atoms with Crippen LogP contribution in [0.5, 0.6) is 5.75 Å². The van der Waals surface area contributed by atoms with Gasteiger partial charge in [-0.25, -0.2) is 4.39 Å². The molecule has 0 radical (unpaired) electrons. The molecule has 98 valence electrons. The first-order chi connectivity index (χ1) is 7.32. The highest BCUT2D eigenvalue weighted by atomic mass is 35.5. The average molecular weight is 275 g/mol. The van der Waals surface area contributed by atoms with Gasteiger partial charge in [-0.3, -0.25) is 5.84 Å². The number of benzene rings is 1. The van der Waals surface area contributed by atoms with Crippen molar-refractivity contribution in [2.75, 3.05) is 12.5 Å². The van der Waals surface area contributed by atoms with E-state index in [9.17, 15) is 17.6 Å². The fourth-order valence-corrected chi connectivity index (χ4v) is 1.34. The zero-order valence-corrected chi connectivity index (χ0v) is 9.80. The molecule has 0 heterocycles. The number of nitrogens with one attached hydrogen (secondary N) is 1. The number of hydrogen-bond acceptors (Lipinski definition) is 3. The summed E-state index contributed by atoms with van der Waals surface area (Å²) in [6, 6.07) is 0.674. The zero-order valence-electron chi connectivity index (χ0n) is 8.98. The minimum Gasteiger partial charge on any atom is -0.492 e. The molecular weight excluding hydrogens is 264 g/mol. The van der Waals surface area contributed by atoms with E-state index in [1.807, 2.05) is 0 Å². The molecular formula is C9H11ClF4N2O. The number of nitrogen functional groups attached to an aromatic ring is 1. The first-order valence-corrected chi connectivity index (χ1v) is 4.23. The third-order valence-corrected chi connectivity index (χ3v) is 2.07. The van der Waals surface area contributed by atoms with Gasteiger partial charge in [-0.2, -0.15) is 13.2 Å². The zero-order chi connectivity index (χ0) is 12.5. The van der Waals surface area contributed by atoms with Gasteiger partial charge in [0, 0.05) is 0 Å². The van der Waals surface area contributed by atoms with Crippen LogP contribution in [0.4, 0.5) is 23.2 Å². The lowest BCUT2D eigenvalue weighted by molar-refractivity contribution is -0.140. The summed E-state index contributed by atoms with van der Waals surface area (Å²) >= 11 is 0. The molecule has 3 nitrogen and oxygen atoms in total. The number of ether oxygens (including phenoxy) is 1. The van der Waals surface area contributed by atoms with Gasteiger partial charge < -0.3 is 10.2 Å². The van der Waals surface area contributed by atoms with Crippen LogP contribution >= 0.6 is 12.4 Å². The Balaban J connectivity index is 0.00000256. The Kier molecular flexibility index (Phi) is 5.03. The maximum atomic E-state index is 13.5. The molecule has 0 amide bonds. The Morgan fingerprint density at radius 3 is 2.24 bits per heavy atom. The van der Waals surface area contributed by atoms with Gasteiger partial charge in [0.25, 0.3) is 0 Å². The van der Waals surface area contributed by atoms with Crippen molar-refractivity contribution in [3.05, 3.63) is 23.0 Å². The number of alkyl halides is 3. The number of hydrogen-bond donors (Lipinski definition) is 2. The maximum absolute atomic E-state index is 13.5. The third kappa shape index (κ3) is 2.92. The SMILES string of the molecule is COc1c(F)c(C(F)(F)F)cc(C)c1NN.Cl. The quantitative estimate of drug-likeness (QED) is 0.495. The fraction of sp³-hybridized carbons (Fsp3) is 0.333. The van der Waals surface area contributed by atoms with Gasteiger partial charge in [0.1, 0.15) is 0 Å². The number of hydrazine groups is 1. The number of aryl methyl sites for hydroxylation is 1. The van der Waals surface area contributed by atoms with Gasteiger partial charge in [-0.15, -0.1) is 12.4 Å². The van der Waals surface area contributed by atoms with Crippen LogP contribution in [-0.2, 0) is 6.18 Å². The Labute approximate surface area is 101 Å². The largest absolute Gasteiger partial charge is 0.492 e. The highest BCUT2D eigenvalue weighted by Gasteiger charge is 2.36. The molecule has 0 atom stereocenters. The number of anilines is 1. The molecule has 0 aromatic heterocycles. The molecule has 17 heavy (non-hydrogen) atoms. The van der Waals surface area contributed by atoms with Crippen molar-refractivity contribution < 1.29 is 22.3 Å². The summed E-state index contributed by atoms with van der Waals surface area (Å²) in [5, 5.41) is 0. The van der Waals surface area contributed by atoms with Crippen LogP contribution in [0.1, 0.15) is 11.1 Å². The van der Waals surface area contributed by atoms with E-state index >= 15 is 0 Å². The van der Waals surface area contributed by atoms with Crippen molar-refractivity contribution in [3.8, 4) is 5.75 Å². The minimum atomic E-state index is -4.77. The molecule has 8 heteroatoms. The van der Waals surface area contributed by atoms with Crippen molar-refractivity contribution in [1.29, 1.82) is 0 Å². The fourth-order valence-electron chi connectivity index (χ4n) is 1.34. The summed E-state index contributed by atoms with van der Waals surface area (Å²) in [6.45, 7) is 1.37. The molecule has 0 aliphatic heterocycles. The first-order valence-electron chi connectivity index (χ1n) is 4.23. The van der Waals surface area contributed by atoms with E-state index in [1.165, 1.54) is 6.92 Å². The van der Waals surface area contributed by atoms with Gasteiger partial charge >= 0.3 is 6.18 Å². The van der Waals surface area contributed by atoms with Crippen LogP contribution in [-0.4, -0.2) is 7.11 Å². The molecule has 1 rings (SSSR count). The standard InChI is InChI=1S/C9H10F4N2O.ClH/c1-4-3-5(9(11,12)13)6(10)8(16-2)7(4)15-14;/h3,15H,14H2,1-2H3;1H. The average Bonchev–Trinajstić information content (AvgIpc) is 2.18. The Morgan fingerprint density at radius 2 is 1.88 bits per heavy atom. The normalized spacial score (nSPS) is 10.8. The second kappa shape index (κ2) is 5.42. The van der Waals surface area contributed by atoms with E-state index in [0.717, 1.165) is 7.11 Å². The molecule has 1 aromatic carbocycles. The summed E-state index contributed by atoms with van der Waals surface area (Å²) < 4.78 is 55.3. The highest BCUT2D eigenvalue weighted by Crippen LogP contribution is 2.40. The Bertz CT molecular complexity index is 409.